The fraction of sp³-hybridized carbons (Fsp3) is 0.500. The summed E-state index contributed by atoms with van der Waals surface area (Å²) in [6.07, 6.45) is 9.67. The van der Waals surface area contributed by atoms with E-state index in [1.165, 1.54) is 5.52 Å². The van der Waals surface area contributed by atoms with Crippen LogP contribution < -0.4 is 0 Å². The molecule has 1 aliphatic heterocycles. The highest BCUT2D eigenvalue weighted by molar-refractivity contribution is 5.81. The number of amides is 1. The fourth-order valence-corrected chi connectivity index (χ4v) is 4.15. The Morgan fingerprint density at radius 2 is 2.14 bits per heavy atom. The van der Waals surface area contributed by atoms with Gasteiger partial charge in [-0.25, -0.2) is 4.98 Å². The van der Waals surface area contributed by atoms with E-state index in [9.17, 15) is 4.79 Å². The van der Waals surface area contributed by atoms with Gasteiger partial charge < -0.3 is 9.47 Å². The van der Waals surface area contributed by atoms with E-state index in [0.29, 0.717) is 24.2 Å². The van der Waals surface area contributed by atoms with Gasteiger partial charge in [0.05, 0.1) is 23.6 Å². The summed E-state index contributed by atoms with van der Waals surface area (Å²) in [7, 11) is 0. The molecule has 0 bridgehead atoms. The average molecular weight is 380 g/mol. The minimum Gasteiger partial charge on any atom is -0.343 e. The van der Waals surface area contributed by atoms with Gasteiger partial charge in [0.25, 0.3) is 0 Å². The van der Waals surface area contributed by atoms with E-state index in [0.717, 1.165) is 55.5 Å². The predicted octanol–water partition coefficient (Wildman–Crippen LogP) is 4.10. The van der Waals surface area contributed by atoms with Crippen molar-refractivity contribution in [3.8, 4) is 11.1 Å². The van der Waals surface area contributed by atoms with E-state index in [4.69, 9.17) is 0 Å². The van der Waals surface area contributed by atoms with Crippen molar-refractivity contribution >= 4 is 16.9 Å². The molecular weight excluding hydrogens is 350 g/mol. The SMILES string of the molecule is CC(C)CC(=O)N1CCCC(Cn2cnc3cc(-c4cn[nH]c4)ccc32)CC1. The van der Waals surface area contributed by atoms with Crippen LogP contribution in [0.3, 0.4) is 0 Å². The minimum absolute atomic E-state index is 0.315. The Hall–Kier alpha value is -2.63. The standard InChI is InChI=1S/C22H29N5O/c1-16(2)10-22(28)26-8-3-4-17(7-9-26)14-27-15-23-20-11-18(5-6-21(20)27)19-12-24-25-13-19/h5-6,11-13,15-17H,3-4,7-10,14H2,1-2H3,(H,24,25). The van der Waals surface area contributed by atoms with Crippen LogP contribution in [-0.4, -0.2) is 43.6 Å². The summed E-state index contributed by atoms with van der Waals surface area (Å²) in [6, 6.07) is 6.40. The first kappa shape index (κ1) is 18.7. The molecular formula is C22H29N5O. The first-order valence-electron chi connectivity index (χ1n) is 10.3. The Morgan fingerprint density at radius 3 is 2.93 bits per heavy atom. The summed E-state index contributed by atoms with van der Waals surface area (Å²) >= 11 is 0. The molecule has 3 heterocycles. The summed E-state index contributed by atoms with van der Waals surface area (Å²) in [5.74, 6) is 1.33. The number of fused-ring (bicyclic) bond motifs is 1. The number of nitrogens with zero attached hydrogens (tertiary/aromatic N) is 4. The van der Waals surface area contributed by atoms with Crippen LogP contribution in [0.15, 0.2) is 36.9 Å². The van der Waals surface area contributed by atoms with Crippen LogP contribution in [-0.2, 0) is 11.3 Å². The zero-order valence-corrected chi connectivity index (χ0v) is 16.8. The van der Waals surface area contributed by atoms with Gasteiger partial charge >= 0.3 is 0 Å². The van der Waals surface area contributed by atoms with Crippen LogP contribution in [0.25, 0.3) is 22.2 Å². The molecule has 1 aliphatic rings. The number of imidazole rings is 1. The van der Waals surface area contributed by atoms with Gasteiger partial charge in [-0.1, -0.05) is 19.9 Å². The maximum atomic E-state index is 12.4. The zero-order chi connectivity index (χ0) is 19.5. The van der Waals surface area contributed by atoms with Gasteiger partial charge in [-0.15, -0.1) is 0 Å². The lowest BCUT2D eigenvalue weighted by molar-refractivity contribution is -0.131. The van der Waals surface area contributed by atoms with Crippen molar-refractivity contribution in [3.63, 3.8) is 0 Å². The van der Waals surface area contributed by atoms with Gasteiger partial charge in [0, 0.05) is 37.8 Å². The highest BCUT2D eigenvalue weighted by Gasteiger charge is 2.21. The number of nitrogens with one attached hydrogen (secondary N) is 1. The minimum atomic E-state index is 0.315. The Kier molecular flexibility index (Phi) is 5.46. The summed E-state index contributed by atoms with van der Waals surface area (Å²) in [5, 5.41) is 6.89. The Labute approximate surface area is 166 Å². The highest BCUT2D eigenvalue weighted by Crippen LogP contribution is 2.26. The maximum absolute atomic E-state index is 12.4. The lowest BCUT2D eigenvalue weighted by atomic mass is 10.0. The van der Waals surface area contributed by atoms with Crippen molar-refractivity contribution in [1.29, 1.82) is 0 Å². The van der Waals surface area contributed by atoms with Crippen molar-refractivity contribution in [2.24, 2.45) is 11.8 Å². The third-order valence-corrected chi connectivity index (χ3v) is 5.69. The average Bonchev–Trinajstić information content (AvgIpc) is 3.27. The molecule has 148 valence electrons. The smallest absolute Gasteiger partial charge is 0.222 e. The molecule has 28 heavy (non-hydrogen) atoms. The second kappa shape index (κ2) is 8.17. The van der Waals surface area contributed by atoms with Crippen molar-refractivity contribution in [2.75, 3.05) is 13.1 Å². The van der Waals surface area contributed by atoms with E-state index in [1.807, 2.05) is 18.7 Å². The Bertz CT molecular complexity index is 928. The maximum Gasteiger partial charge on any atom is 0.222 e. The van der Waals surface area contributed by atoms with Crippen LogP contribution in [0.1, 0.15) is 39.5 Å². The molecule has 1 fully saturated rings. The molecule has 1 unspecified atom stereocenters. The fourth-order valence-electron chi connectivity index (χ4n) is 4.15. The Morgan fingerprint density at radius 1 is 1.25 bits per heavy atom. The van der Waals surface area contributed by atoms with E-state index in [-0.39, 0.29) is 0 Å². The number of hydrogen-bond donors (Lipinski definition) is 1. The van der Waals surface area contributed by atoms with Gasteiger partial charge in [-0.05, 0) is 48.8 Å². The van der Waals surface area contributed by atoms with Gasteiger partial charge in [0.2, 0.25) is 5.91 Å². The number of aromatic amines is 1. The lowest BCUT2D eigenvalue weighted by Crippen LogP contribution is -2.32. The van der Waals surface area contributed by atoms with E-state index in [1.54, 1.807) is 0 Å². The molecule has 0 spiro atoms. The molecule has 4 rings (SSSR count). The molecule has 1 amide bonds. The van der Waals surface area contributed by atoms with Gasteiger partial charge in [-0.3, -0.25) is 9.89 Å². The van der Waals surface area contributed by atoms with Crippen LogP contribution >= 0.6 is 0 Å². The van der Waals surface area contributed by atoms with E-state index < -0.39 is 0 Å². The largest absolute Gasteiger partial charge is 0.343 e. The van der Waals surface area contributed by atoms with Gasteiger partial charge in [0.1, 0.15) is 0 Å². The summed E-state index contributed by atoms with van der Waals surface area (Å²) in [5.41, 5.74) is 4.39. The molecule has 1 N–H and O–H groups in total. The molecule has 0 aliphatic carbocycles. The first-order valence-corrected chi connectivity index (χ1v) is 10.3. The van der Waals surface area contributed by atoms with Crippen molar-refractivity contribution in [1.82, 2.24) is 24.6 Å². The number of likely N-dealkylation sites (tertiary alicyclic amines) is 1. The van der Waals surface area contributed by atoms with Crippen LogP contribution in [0.2, 0.25) is 0 Å². The van der Waals surface area contributed by atoms with Crippen molar-refractivity contribution in [3.05, 3.63) is 36.9 Å². The number of carbonyl (C=O) groups is 1. The molecule has 6 nitrogen and oxygen atoms in total. The number of H-pyrrole nitrogens is 1. The van der Waals surface area contributed by atoms with Crippen LogP contribution in [0.5, 0.6) is 0 Å². The number of rotatable bonds is 5. The van der Waals surface area contributed by atoms with Crippen molar-refractivity contribution in [2.45, 2.75) is 46.1 Å². The molecule has 1 atom stereocenters. The molecule has 6 heteroatoms. The molecule has 0 saturated carbocycles. The number of hydrogen-bond acceptors (Lipinski definition) is 3. The van der Waals surface area contributed by atoms with Gasteiger partial charge in [-0.2, -0.15) is 5.10 Å². The number of carbonyl (C=O) groups excluding carboxylic acids is 1. The highest BCUT2D eigenvalue weighted by atomic mass is 16.2. The third kappa shape index (κ3) is 4.11. The number of aromatic nitrogens is 4. The number of benzene rings is 1. The second-order valence-electron chi connectivity index (χ2n) is 8.36. The summed E-state index contributed by atoms with van der Waals surface area (Å²) in [4.78, 5) is 19.1. The van der Waals surface area contributed by atoms with E-state index >= 15 is 0 Å². The molecule has 2 aromatic heterocycles. The summed E-state index contributed by atoms with van der Waals surface area (Å²) in [6.45, 7) is 6.98. The molecule has 0 radical (unpaired) electrons. The monoisotopic (exact) mass is 379 g/mol. The second-order valence-corrected chi connectivity index (χ2v) is 8.36. The normalized spacial score (nSPS) is 18.0. The van der Waals surface area contributed by atoms with Crippen LogP contribution in [0, 0.1) is 11.8 Å². The van der Waals surface area contributed by atoms with Crippen molar-refractivity contribution < 1.29 is 4.79 Å². The van der Waals surface area contributed by atoms with E-state index in [2.05, 4.69) is 56.7 Å². The lowest BCUT2D eigenvalue weighted by Gasteiger charge is -2.21. The molecule has 1 saturated heterocycles. The third-order valence-electron chi connectivity index (χ3n) is 5.69. The zero-order valence-electron chi connectivity index (χ0n) is 16.8. The summed E-state index contributed by atoms with van der Waals surface area (Å²) < 4.78 is 2.27. The predicted molar refractivity (Wildman–Crippen MR) is 111 cm³/mol. The first-order chi connectivity index (χ1) is 13.6. The quantitative estimate of drug-likeness (QED) is 0.726. The van der Waals surface area contributed by atoms with Crippen LogP contribution in [0.4, 0.5) is 0 Å². The molecule has 1 aromatic carbocycles. The van der Waals surface area contributed by atoms with Gasteiger partial charge in [0.15, 0.2) is 0 Å². The Balaban J connectivity index is 1.43. The molecule has 3 aromatic rings. The topological polar surface area (TPSA) is 66.8 Å².